The van der Waals surface area contributed by atoms with Gasteiger partial charge in [-0.15, -0.1) is 0 Å². The first kappa shape index (κ1) is 28.4. The second-order valence-electron chi connectivity index (χ2n) is 14.4. The molecule has 0 amide bonds. The van der Waals surface area contributed by atoms with Gasteiger partial charge in [-0.05, 0) is 103 Å². The number of rotatable bonds is 8. The van der Waals surface area contributed by atoms with E-state index in [0.29, 0.717) is 11.0 Å². The Morgan fingerprint density at radius 1 is 1.03 bits per heavy atom. The van der Waals surface area contributed by atoms with Crippen molar-refractivity contribution in [2.24, 2.45) is 46.3 Å². The van der Waals surface area contributed by atoms with Gasteiger partial charge in [-0.3, -0.25) is 10.1 Å². The molecule has 4 unspecified atom stereocenters. The number of benzene rings is 1. The molecule has 0 aromatic heterocycles. The van der Waals surface area contributed by atoms with Crippen LogP contribution in [0.5, 0.6) is 0 Å². The highest BCUT2D eigenvalue weighted by Crippen LogP contribution is 2.67. The van der Waals surface area contributed by atoms with Gasteiger partial charge in [-0.25, -0.2) is 4.79 Å². The van der Waals surface area contributed by atoms with Gasteiger partial charge in [0.2, 0.25) is 0 Å². The monoisotopic (exact) mass is 535 g/mol. The summed E-state index contributed by atoms with van der Waals surface area (Å²) in [6.45, 7) is 12.4. The van der Waals surface area contributed by atoms with Gasteiger partial charge in [0, 0.05) is 18.6 Å². The summed E-state index contributed by atoms with van der Waals surface area (Å²) in [5, 5.41) is 10.9. The van der Waals surface area contributed by atoms with Crippen LogP contribution in [0.25, 0.3) is 0 Å². The third-order valence-electron chi connectivity index (χ3n) is 11.8. The molecule has 1 aromatic rings. The summed E-state index contributed by atoms with van der Waals surface area (Å²) in [5.41, 5.74) is 2.60. The second-order valence-corrected chi connectivity index (χ2v) is 14.4. The normalized spacial score (nSPS) is 36.4. The van der Waals surface area contributed by atoms with E-state index in [1.165, 1.54) is 81.2 Å². The lowest BCUT2D eigenvalue weighted by Crippen LogP contribution is -2.51. The van der Waals surface area contributed by atoms with Crippen molar-refractivity contribution in [1.29, 1.82) is 0 Å². The van der Waals surface area contributed by atoms with E-state index in [2.05, 4.69) is 40.7 Å². The van der Waals surface area contributed by atoms with Crippen LogP contribution in [-0.2, 0) is 4.74 Å². The Labute approximate surface area is 235 Å². The zero-order valence-corrected chi connectivity index (χ0v) is 24.8. The van der Waals surface area contributed by atoms with Crippen molar-refractivity contribution in [3.05, 3.63) is 51.6 Å². The highest BCUT2D eigenvalue weighted by Gasteiger charge is 2.59. The predicted molar refractivity (Wildman–Crippen MR) is 155 cm³/mol. The van der Waals surface area contributed by atoms with Crippen LogP contribution in [0.4, 0.5) is 5.69 Å². The number of carbonyl (C=O) groups excluding carboxylic acids is 1. The van der Waals surface area contributed by atoms with Crippen molar-refractivity contribution in [3.63, 3.8) is 0 Å². The number of nitro groups is 1. The smallest absolute Gasteiger partial charge is 0.338 e. The summed E-state index contributed by atoms with van der Waals surface area (Å²) in [5.74, 6) is 4.54. The molecule has 5 heteroatoms. The third kappa shape index (κ3) is 5.32. The van der Waals surface area contributed by atoms with Crippen LogP contribution in [-0.4, -0.2) is 17.0 Å². The lowest BCUT2D eigenvalue weighted by atomic mass is 9.47. The van der Waals surface area contributed by atoms with E-state index in [9.17, 15) is 14.9 Å². The first-order valence-corrected chi connectivity index (χ1v) is 15.7. The Morgan fingerprint density at radius 3 is 2.46 bits per heavy atom. The highest BCUT2D eigenvalue weighted by molar-refractivity contribution is 5.89. The Bertz CT molecular complexity index is 1090. The molecule has 214 valence electrons. The number of hydrogen-bond donors (Lipinski definition) is 0. The van der Waals surface area contributed by atoms with Crippen LogP contribution in [0.2, 0.25) is 0 Å². The Morgan fingerprint density at radius 2 is 1.77 bits per heavy atom. The lowest BCUT2D eigenvalue weighted by molar-refractivity contribution is -0.384. The number of nitrogens with zero attached hydrogens (tertiary/aromatic N) is 1. The zero-order valence-electron chi connectivity index (χ0n) is 24.8. The maximum absolute atomic E-state index is 12.8. The van der Waals surface area contributed by atoms with Gasteiger partial charge in [0.1, 0.15) is 6.10 Å². The van der Waals surface area contributed by atoms with Crippen LogP contribution >= 0.6 is 0 Å². The average Bonchev–Trinajstić information content (AvgIpc) is 3.26. The molecule has 8 atom stereocenters. The Kier molecular flexibility index (Phi) is 8.01. The molecule has 5 rings (SSSR count). The van der Waals surface area contributed by atoms with Gasteiger partial charge in [-0.2, -0.15) is 0 Å². The summed E-state index contributed by atoms with van der Waals surface area (Å²) >= 11 is 0. The predicted octanol–water partition coefficient (Wildman–Crippen LogP) is 9.16. The standard InChI is InChI=1S/C34H49NO4/c1-22(2)7-6-8-23(3)29-15-16-30-28-14-11-25-21-27(17-19-33(25,4)31(28)18-20-34(29,30)5)39-32(36)24-9-12-26(13-10-24)35(37)38/h9-13,22-23,27-31H,6-8,14-21H2,1-5H3/t23-,27?,28?,29-,30?,31?,33+,34-/m1/s1. The van der Waals surface area contributed by atoms with Crippen LogP contribution in [0.15, 0.2) is 35.9 Å². The fourth-order valence-electron chi connectivity index (χ4n) is 9.69. The number of esters is 1. The van der Waals surface area contributed by atoms with E-state index in [4.69, 9.17) is 4.74 Å². The van der Waals surface area contributed by atoms with Crippen molar-refractivity contribution in [2.45, 2.75) is 111 Å². The van der Waals surface area contributed by atoms with Crippen molar-refractivity contribution < 1.29 is 14.5 Å². The van der Waals surface area contributed by atoms with E-state index >= 15 is 0 Å². The second kappa shape index (κ2) is 11.0. The number of hydrogen-bond acceptors (Lipinski definition) is 4. The molecule has 4 aliphatic carbocycles. The Hall–Kier alpha value is -2.17. The molecule has 4 aliphatic rings. The summed E-state index contributed by atoms with van der Waals surface area (Å²) in [4.78, 5) is 23.3. The SMILES string of the molecule is CC(C)CCC[C@@H](C)[C@H]1CCC2C3CC=C4CC(OC(=O)c5ccc([N+](=O)[O-])cc5)CC[C@]4(C)C3CC[C@@]21C. The minimum Gasteiger partial charge on any atom is -0.458 e. The topological polar surface area (TPSA) is 69.4 Å². The quantitative estimate of drug-likeness (QED) is 0.144. The van der Waals surface area contributed by atoms with Crippen LogP contribution in [0, 0.1) is 56.5 Å². The number of carbonyl (C=O) groups is 1. The van der Waals surface area contributed by atoms with Crippen LogP contribution in [0.3, 0.4) is 0 Å². The molecule has 0 heterocycles. The maximum atomic E-state index is 12.8. The summed E-state index contributed by atoms with van der Waals surface area (Å²) in [6, 6.07) is 5.73. The fourth-order valence-corrected chi connectivity index (χ4v) is 9.69. The molecule has 39 heavy (non-hydrogen) atoms. The molecule has 0 saturated heterocycles. The lowest BCUT2D eigenvalue weighted by Gasteiger charge is -2.58. The third-order valence-corrected chi connectivity index (χ3v) is 11.8. The molecule has 3 saturated carbocycles. The van der Waals surface area contributed by atoms with Crippen LogP contribution in [0.1, 0.15) is 116 Å². The summed E-state index contributed by atoms with van der Waals surface area (Å²) < 4.78 is 5.93. The van der Waals surface area contributed by atoms with E-state index < -0.39 is 4.92 Å². The number of nitro benzene ring substituents is 1. The first-order chi connectivity index (χ1) is 18.5. The van der Waals surface area contributed by atoms with Gasteiger partial charge < -0.3 is 4.74 Å². The maximum Gasteiger partial charge on any atom is 0.338 e. The molecule has 3 fully saturated rings. The van der Waals surface area contributed by atoms with E-state index in [0.717, 1.165) is 54.8 Å². The van der Waals surface area contributed by atoms with E-state index in [-0.39, 0.29) is 23.2 Å². The summed E-state index contributed by atoms with van der Waals surface area (Å²) in [6.07, 6.45) is 16.1. The molecule has 0 spiro atoms. The number of fused-ring (bicyclic) bond motifs is 5. The molecular formula is C34H49NO4. The van der Waals surface area contributed by atoms with Gasteiger partial charge in [0.05, 0.1) is 10.5 Å². The number of ether oxygens (including phenoxy) is 1. The van der Waals surface area contributed by atoms with Gasteiger partial charge in [0.15, 0.2) is 0 Å². The van der Waals surface area contributed by atoms with Gasteiger partial charge in [-0.1, -0.05) is 65.5 Å². The average molecular weight is 536 g/mol. The molecule has 5 nitrogen and oxygen atoms in total. The van der Waals surface area contributed by atoms with Gasteiger partial charge in [0.25, 0.3) is 5.69 Å². The van der Waals surface area contributed by atoms with E-state index in [1.54, 1.807) is 0 Å². The summed E-state index contributed by atoms with van der Waals surface area (Å²) in [7, 11) is 0. The molecule has 1 aromatic carbocycles. The molecule has 0 N–H and O–H groups in total. The molecular weight excluding hydrogens is 486 g/mol. The van der Waals surface area contributed by atoms with Crippen LogP contribution < -0.4 is 0 Å². The Balaban J connectivity index is 1.23. The van der Waals surface area contributed by atoms with Crippen molar-refractivity contribution in [3.8, 4) is 0 Å². The largest absolute Gasteiger partial charge is 0.458 e. The minimum atomic E-state index is -0.450. The van der Waals surface area contributed by atoms with E-state index in [1.807, 2.05) is 0 Å². The molecule has 0 bridgehead atoms. The number of non-ortho nitro benzene ring substituents is 1. The minimum absolute atomic E-state index is 0.0142. The van der Waals surface area contributed by atoms with Crippen molar-refractivity contribution in [2.75, 3.05) is 0 Å². The molecule has 0 radical (unpaired) electrons. The number of allylic oxidation sites excluding steroid dienone is 1. The van der Waals surface area contributed by atoms with Crippen molar-refractivity contribution in [1.82, 2.24) is 0 Å². The fraction of sp³-hybridized carbons (Fsp3) is 0.735. The van der Waals surface area contributed by atoms with Crippen molar-refractivity contribution >= 4 is 11.7 Å². The highest BCUT2D eigenvalue weighted by atomic mass is 16.6. The molecule has 0 aliphatic heterocycles. The van der Waals surface area contributed by atoms with Gasteiger partial charge >= 0.3 is 5.97 Å². The zero-order chi connectivity index (χ0) is 27.9. The first-order valence-electron chi connectivity index (χ1n) is 15.7.